The molecule has 2 atom stereocenters. The van der Waals surface area contributed by atoms with Crippen LogP contribution in [0.15, 0.2) is 23.0 Å². The minimum atomic E-state index is -4.64. The Morgan fingerprint density at radius 1 is 1.33 bits per heavy atom. The zero-order valence-electron chi connectivity index (χ0n) is 18.3. The minimum Gasteiger partial charge on any atom is -0.472 e. The Kier molecular flexibility index (Phi) is 6.42. The van der Waals surface area contributed by atoms with Crippen molar-refractivity contribution in [3.05, 3.63) is 35.5 Å². The van der Waals surface area contributed by atoms with E-state index in [-0.39, 0.29) is 61.4 Å². The number of fused-ring (bicyclic) bond motifs is 1. The van der Waals surface area contributed by atoms with Gasteiger partial charge in [0.1, 0.15) is 6.26 Å². The van der Waals surface area contributed by atoms with Crippen LogP contribution in [0.5, 0.6) is 0 Å². The average Bonchev–Trinajstić information content (AvgIpc) is 3.29. The molecule has 178 valence electrons. The predicted molar refractivity (Wildman–Crippen MR) is 111 cm³/mol. The normalized spacial score (nSPS) is 20.0. The number of nitrogens with zero attached hydrogens (tertiary/aromatic N) is 4. The van der Waals surface area contributed by atoms with Crippen molar-refractivity contribution in [2.24, 2.45) is 11.7 Å². The number of nitrogens with two attached hydrogens (primary N) is 1. The third-order valence-electron chi connectivity index (χ3n) is 6.09. The number of carbonyl (C=O) groups is 2. The lowest BCUT2D eigenvalue weighted by Crippen LogP contribution is -2.48. The average molecular weight is 465 g/mol. The molecule has 1 fully saturated rings. The Balaban J connectivity index is 1.48. The van der Waals surface area contributed by atoms with Gasteiger partial charge in [-0.2, -0.15) is 13.2 Å². The van der Waals surface area contributed by atoms with Crippen LogP contribution in [0.25, 0.3) is 11.4 Å². The standard InChI is InChI=1S/C22H26F3N5O3/c1-13-2-3-18(31)30(9-13)10-15(26)8-19(32)29-6-4-16-17(11-29)27-21(14-5-7-33-12-14)28-20(16)22(23,24)25/h5,7,12-13,15H,2-4,6,8-11,26H2,1H3/t13-,15+/m1/s1. The molecule has 2 aromatic heterocycles. The van der Waals surface area contributed by atoms with Crippen LogP contribution in [0.4, 0.5) is 13.2 Å². The van der Waals surface area contributed by atoms with Crippen LogP contribution in [0.2, 0.25) is 0 Å². The summed E-state index contributed by atoms with van der Waals surface area (Å²) in [5.74, 6) is 0.0448. The number of piperidine rings is 1. The molecule has 0 saturated carbocycles. The molecule has 33 heavy (non-hydrogen) atoms. The summed E-state index contributed by atoms with van der Waals surface area (Å²) in [5, 5.41) is 0. The van der Waals surface area contributed by atoms with Crippen LogP contribution < -0.4 is 5.73 Å². The number of hydrogen-bond acceptors (Lipinski definition) is 6. The van der Waals surface area contributed by atoms with Crippen molar-refractivity contribution in [2.45, 2.75) is 51.4 Å². The SMILES string of the molecule is C[C@@H]1CCC(=O)N(C[C@@H](N)CC(=O)N2CCc3c(nc(-c4ccoc4)nc3C(F)(F)F)C2)C1. The molecule has 4 rings (SSSR count). The molecule has 1 saturated heterocycles. The van der Waals surface area contributed by atoms with Crippen LogP contribution in [0.3, 0.4) is 0 Å². The second kappa shape index (κ2) is 9.12. The number of halogens is 3. The number of amides is 2. The van der Waals surface area contributed by atoms with Gasteiger partial charge < -0.3 is 20.0 Å². The van der Waals surface area contributed by atoms with Crippen molar-refractivity contribution in [3.8, 4) is 11.4 Å². The molecule has 0 aliphatic carbocycles. The zero-order chi connectivity index (χ0) is 23.8. The number of furan rings is 1. The highest BCUT2D eigenvalue weighted by Crippen LogP contribution is 2.35. The number of rotatable bonds is 5. The molecule has 2 aromatic rings. The second-order valence-corrected chi connectivity index (χ2v) is 8.80. The molecule has 0 unspecified atom stereocenters. The van der Waals surface area contributed by atoms with E-state index in [4.69, 9.17) is 10.2 Å². The van der Waals surface area contributed by atoms with Gasteiger partial charge in [-0.05, 0) is 24.8 Å². The Labute approximate surface area is 188 Å². The molecule has 0 bridgehead atoms. The van der Waals surface area contributed by atoms with Crippen molar-refractivity contribution in [3.63, 3.8) is 0 Å². The summed E-state index contributed by atoms with van der Waals surface area (Å²) in [6.07, 6.45) is -0.716. The number of hydrogen-bond donors (Lipinski definition) is 1. The highest BCUT2D eigenvalue weighted by molar-refractivity contribution is 5.78. The number of alkyl halides is 3. The maximum atomic E-state index is 13.7. The largest absolute Gasteiger partial charge is 0.472 e. The van der Waals surface area contributed by atoms with E-state index >= 15 is 0 Å². The summed E-state index contributed by atoms with van der Waals surface area (Å²) in [7, 11) is 0. The fourth-order valence-electron chi connectivity index (χ4n) is 4.37. The lowest BCUT2D eigenvalue weighted by molar-refractivity contribution is -0.142. The van der Waals surface area contributed by atoms with Crippen LogP contribution in [-0.2, 0) is 28.7 Å². The first-order chi connectivity index (χ1) is 15.6. The highest BCUT2D eigenvalue weighted by atomic mass is 19.4. The van der Waals surface area contributed by atoms with Gasteiger partial charge in [0.15, 0.2) is 11.5 Å². The number of aromatic nitrogens is 2. The lowest BCUT2D eigenvalue weighted by Gasteiger charge is -2.34. The van der Waals surface area contributed by atoms with E-state index < -0.39 is 17.9 Å². The third kappa shape index (κ3) is 5.18. The van der Waals surface area contributed by atoms with Crippen LogP contribution in [-0.4, -0.2) is 57.3 Å². The van der Waals surface area contributed by atoms with E-state index in [1.165, 1.54) is 23.5 Å². The molecule has 2 aliphatic heterocycles. The summed E-state index contributed by atoms with van der Waals surface area (Å²) in [6.45, 7) is 3.03. The first kappa shape index (κ1) is 23.2. The monoisotopic (exact) mass is 465 g/mol. The highest BCUT2D eigenvalue weighted by Gasteiger charge is 2.39. The Morgan fingerprint density at radius 3 is 2.82 bits per heavy atom. The topological polar surface area (TPSA) is 106 Å². The van der Waals surface area contributed by atoms with Crippen molar-refractivity contribution < 1.29 is 27.2 Å². The summed E-state index contributed by atoms with van der Waals surface area (Å²) >= 11 is 0. The Morgan fingerprint density at radius 2 is 2.12 bits per heavy atom. The van der Waals surface area contributed by atoms with E-state index in [9.17, 15) is 22.8 Å². The van der Waals surface area contributed by atoms with Crippen LogP contribution in [0.1, 0.15) is 43.1 Å². The summed E-state index contributed by atoms with van der Waals surface area (Å²) in [4.78, 5) is 36.2. The van der Waals surface area contributed by atoms with E-state index in [0.717, 1.165) is 6.42 Å². The van der Waals surface area contributed by atoms with E-state index in [0.29, 0.717) is 24.4 Å². The van der Waals surface area contributed by atoms with Gasteiger partial charge >= 0.3 is 6.18 Å². The van der Waals surface area contributed by atoms with Gasteiger partial charge in [0.25, 0.3) is 0 Å². The fraction of sp³-hybridized carbons (Fsp3) is 0.545. The van der Waals surface area contributed by atoms with E-state index in [1.807, 2.05) is 0 Å². The molecule has 0 spiro atoms. The van der Waals surface area contributed by atoms with Crippen LogP contribution in [0, 0.1) is 5.92 Å². The van der Waals surface area contributed by atoms with Gasteiger partial charge in [-0.25, -0.2) is 9.97 Å². The van der Waals surface area contributed by atoms with Crippen molar-refractivity contribution in [2.75, 3.05) is 19.6 Å². The molecular formula is C22H26F3N5O3. The van der Waals surface area contributed by atoms with Crippen molar-refractivity contribution >= 4 is 11.8 Å². The first-order valence-electron chi connectivity index (χ1n) is 10.9. The molecule has 2 aliphatic rings. The van der Waals surface area contributed by atoms with Gasteiger partial charge in [0.05, 0.1) is 24.1 Å². The summed E-state index contributed by atoms with van der Waals surface area (Å²) in [6, 6.07) is 0.931. The molecule has 2 amide bonds. The smallest absolute Gasteiger partial charge is 0.433 e. The quantitative estimate of drug-likeness (QED) is 0.728. The lowest BCUT2D eigenvalue weighted by atomic mass is 9.98. The Hall–Kier alpha value is -2.95. The summed E-state index contributed by atoms with van der Waals surface area (Å²) < 4.78 is 45.9. The van der Waals surface area contributed by atoms with Gasteiger partial charge in [0, 0.05) is 44.1 Å². The maximum Gasteiger partial charge on any atom is 0.433 e. The van der Waals surface area contributed by atoms with Gasteiger partial charge in [-0.1, -0.05) is 6.92 Å². The third-order valence-corrected chi connectivity index (χ3v) is 6.09. The molecule has 8 nitrogen and oxygen atoms in total. The van der Waals surface area contributed by atoms with E-state index in [1.54, 1.807) is 4.90 Å². The van der Waals surface area contributed by atoms with E-state index in [2.05, 4.69) is 16.9 Å². The first-order valence-corrected chi connectivity index (χ1v) is 10.9. The van der Waals surface area contributed by atoms with Gasteiger partial charge in [-0.15, -0.1) is 0 Å². The minimum absolute atomic E-state index is 0.000701. The predicted octanol–water partition coefficient (Wildman–Crippen LogP) is 2.62. The van der Waals surface area contributed by atoms with Gasteiger partial charge in [-0.3, -0.25) is 9.59 Å². The number of carbonyl (C=O) groups excluding carboxylic acids is 2. The molecule has 0 radical (unpaired) electrons. The van der Waals surface area contributed by atoms with Crippen LogP contribution >= 0.6 is 0 Å². The van der Waals surface area contributed by atoms with Crippen molar-refractivity contribution in [1.29, 1.82) is 0 Å². The second-order valence-electron chi connectivity index (χ2n) is 8.80. The summed E-state index contributed by atoms with van der Waals surface area (Å²) in [5.41, 5.74) is 5.68. The zero-order valence-corrected chi connectivity index (χ0v) is 18.3. The fourth-order valence-corrected chi connectivity index (χ4v) is 4.37. The molecule has 0 aromatic carbocycles. The molecule has 11 heteroatoms. The van der Waals surface area contributed by atoms with Gasteiger partial charge in [0.2, 0.25) is 11.8 Å². The van der Waals surface area contributed by atoms with Crippen molar-refractivity contribution in [1.82, 2.24) is 19.8 Å². The molecule has 2 N–H and O–H groups in total. The molecule has 4 heterocycles. The number of likely N-dealkylation sites (tertiary alicyclic amines) is 1. The maximum absolute atomic E-state index is 13.7. The Bertz CT molecular complexity index is 1030. The molecular weight excluding hydrogens is 439 g/mol.